The first-order valence-electron chi connectivity index (χ1n) is 9.66. The smallest absolute Gasteiger partial charge is 0.335 e. The maximum Gasteiger partial charge on any atom is 0.335 e. The highest BCUT2D eigenvalue weighted by Crippen LogP contribution is 2.27. The lowest BCUT2D eigenvalue weighted by Crippen LogP contribution is -2.54. The lowest BCUT2D eigenvalue weighted by molar-refractivity contribution is -0.122. The highest BCUT2D eigenvalue weighted by atomic mass is 32.1. The third-order valence-electron chi connectivity index (χ3n) is 4.90. The molecule has 3 aromatic rings. The predicted octanol–water partition coefficient (Wildman–Crippen LogP) is 4.09. The summed E-state index contributed by atoms with van der Waals surface area (Å²) < 4.78 is 5.77. The van der Waals surface area contributed by atoms with Gasteiger partial charge in [0.05, 0.1) is 11.3 Å². The van der Waals surface area contributed by atoms with Gasteiger partial charge in [-0.1, -0.05) is 18.2 Å². The zero-order chi connectivity index (χ0) is 23.0. The van der Waals surface area contributed by atoms with Crippen molar-refractivity contribution in [3.05, 3.63) is 82.6 Å². The molecule has 8 heteroatoms. The summed E-state index contributed by atoms with van der Waals surface area (Å²) in [5.41, 5.74) is 3.21. The molecule has 0 atom stereocenters. The number of carbonyl (C=O) groups excluding carboxylic acids is 2. The van der Waals surface area contributed by atoms with Crippen molar-refractivity contribution in [2.24, 2.45) is 0 Å². The molecule has 1 saturated heterocycles. The van der Waals surface area contributed by atoms with Crippen molar-refractivity contribution < 1.29 is 23.9 Å². The van der Waals surface area contributed by atoms with Crippen LogP contribution in [0.2, 0.25) is 0 Å². The van der Waals surface area contributed by atoms with Crippen LogP contribution in [0.3, 0.4) is 0 Å². The molecular formula is C24H18N2O5S. The van der Waals surface area contributed by atoms with E-state index in [2.05, 4.69) is 5.32 Å². The predicted molar refractivity (Wildman–Crippen MR) is 123 cm³/mol. The maximum absolute atomic E-state index is 13.2. The normalized spacial score (nSPS) is 15.2. The first-order valence-corrected chi connectivity index (χ1v) is 10.1. The third kappa shape index (κ3) is 4.08. The first-order chi connectivity index (χ1) is 15.2. The van der Waals surface area contributed by atoms with Crippen molar-refractivity contribution in [2.45, 2.75) is 13.8 Å². The summed E-state index contributed by atoms with van der Waals surface area (Å²) in [5.74, 6) is -1.40. The Bertz CT molecular complexity index is 1280. The molecule has 0 unspecified atom stereocenters. The summed E-state index contributed by atoms with van der Waals surface area (Å²) in [6, 6.07) is 15.1. The van der Waals surface area contributed by atoms with Crippen LogP contribution in [0.5, 0.6) is 0 Å². The van der Waals surface area contributed by atoms with Gasteiger partial charge in [-0.25, -0.2) is 4.79 Å². The number of hydrogen-bond donors (Lipinski definition) is 2. The van der Waals surface area contributed by atoms with E-state index in [0.29, 0.717) is 22.8 Å². The van der Waals surface area contributed by atoms with Crippen LogP contribution >= 0.6 is 12.2 Å². The molecule has 32 heavy (non-hydrogen) atoms. The Kier molecular flexibility index (Phi) is 5.46. The van der Waals surface area contributed by atoms with Crippen LogP contribution in [0.4, 0.5) is 5.69 Å². The first kappa shape index (κ1) is 21.2. The van der Waals surface area contributed by atoms with E-state index in [1.165, 1.54) is 23.1 Å². The lowest BCUT2D eigenvalue weighted by atomic mass is 10.1. The van der Waals surface area contributed by atoms with Gasteiger partial charge < -0.3 is 9.52 Å². The second-order valence-electron chi connectivity index (χ2n) is 7.39. The number of carbonyl (C=O) groups is 3. The topological polar surface area (TPSA) is 99.8 Å². The number of furan rings is 1. The summed E-state index contributed by atoms with van der Waals surface area (Å²) in [7, 11) is 0. The van der Waals surface area contributed by atoms with E-state index in [9.17, 15) is 14.4 Å². The van der Waals surface area contributed by atoms with Gasteiger partial charge in [-0.15, -0.1) is 0 Å². The Balaban J connectivity index is 1.66. The van der Waals surface area contributed by atoms with E-state index < -0.39 is 17.8 Å². The molecule has 0 saturated carbocycles. The van der Waals surface area contributed by atoms with Gasteiger partial charge in [0, 0.05) is 5.56 Å². The molecule has 1 aliphatic heterocycles. The average molecular weight is 446 g/mol. The van der Waals surface area contributed by atoms with Crippen LogP contribution in [-0.4, -0.2) is 28.0 Å². The molecule has 2 aromatic carbocycles. The number of carboxylic acid groups (broad SMARTS) is 1. The van der Waals surface area contributed by atoms with Crippen molar-refractivity contribution in [3.63, 3.8) is 0 Å². The number of thiocarbonyl (C=S) groups is 1. The molecule has 0 radical (unpaired) electrons. The summed E-state index contributed by atoms with van der Waals surface area (Å²) in [6.07, 6.45) is 1.37. The number of aryl methyl sites for hydroxylation is 2. The van der Waals surface area contributed by atoms with Gasteiger partial charge in [0.25, 0.3) is 11.8 Å². The van der Waals surface area contributed by atoms with Crippen LogP contribution < -0.4 is 10.2 Å². The van der Waals surface area contributed by atoms with Gasteiger partial charge in [0.2, 0.25) is 0 Å². The highest BCUT2D eigenvalue weighted by Gasteiger charge is 2.35. The Morgan fingerprint density at radius 2 is 1.69 bits per heavy atom. The van der Waals surface area contributed by atoms with Gasteiger partial charge in [-0.3, -0.25) is 19.8 Å². The largest absolute Gasteiger partial charge is 0.478 e. The zero-order valence-corrected chi connectivity index (χ0v) is 18.0. The number of amides is 2. The molecule has 2 N–H and O–H groups in total. The van der Waals surface area contributed by atoms with E-state index in [1.807, 2.05) is 32.0 Å². The quantitative estimate of drug-likeness (QED) is 0.356. The molecule has 1 aliphatic rings. The van der Waals surface area contributed by atoms with Gasteiger partial charge >= 0.3 is 5.97 Å². The molecule has 2 heterocycles. The Morgan fingerprint density at radius 1 is 1.03 bits per heavy atom. The van der Waals surface area contributed by atoms with Gasteiger partial charge in [0.1, 0.15) is 17.1 Å². The Morgan fingerprint density at radius 3 is 2.31 bits per heavy atom. The van der Waals surface area contributed by atoms with Crippen molar-refractivity contribution >= 4 is 46.9 Å². The number of benzene rings is 2. The fourth-order valence-electron chi connectivity index (χ4n) is 3.48. The number of aromatic carboxylic acids is 1. The van der Waals surface area contributed by atoms with E-state index in [-0.39, 0.29) is 16.2 Å². The molecule has 7 nitrogen and oxygen atoms in total. The van der Waals surface area contributed by atoms with Crippen molar-refractivity contribution in [2.75, 3.05) is 4.90 Å². The fourth-order valence-corrected chi connectivity index (χ4v) is 3.76. The van der Waals surface area contributed by atoms with Crippen LogP contribution in [0, 0.1) is 13.8 Å². The van der Waals surface area contributed by atoms with E-state index in [1.54, 1.807) is 24.3 Å². The SMILES string of the molecule is Cc1cc(C)cc(N2C(=O)C(=Cc3ccc(-c4ccc(C(=O)O)cc4)o3)C(=O)NC2=S)c1. The second-order valence-corrected chi connectivity index (χ2v) is 7.77. The number of nitrogens with one attached hydrogen (secondary N) is 1. The Hall–Kier alpha value is -4.04. The number of carboxylic acids is 1. The van der Waals surface area contributed by atoms with Gasteiger partial charge in [0.15, 0.2) is 5.11 Å². The lowest BCUT2D eigenvalue weighted by Gasteiger charge is -2.29. The molecular weight excluding hydrogens is 428 g/mol. The minimum Gasteiger partial charge on any atom is -0.478 e. The summed E-state index contributed by atoms with van der Waals surface area (Å²) in [6.45, 7) is 3.83. The fraction of sp³-hybridized carbons (Fsp3) is 0.0833. The summed E-state index contributed by atoms with van der Waals surface area (Å²) in [5, 5.41) is 11.6. The standard InChI is InChI=1S/C24H18N2O5S/c1-13-9-14(2)11-17(10-13)26-22(28)19(21(27)25-24(26)32)12-18-7-8-20(31-18)15-3-5-16(6-4-15)23(29)30/h3-12H,1-2H3,(H,29,30)(H,25,27,32). The molecule has 1 fully saturated rings. The molecule has 2 amide bonds. The van der Waals surface area contributed by atoms with E-state index in [0.717, 1.165) is 11.1 Å². The van der Waals surface area contributed by atoms with Crippen molar-refractivity contribution in [1.82, 2.24) is 5.32 Å². The maximum atomic E-state index is 13.2. The summed E-state index contributed by atoms with van der Waals surface area (Å²) >= 11 is 5.24. The Labute approximate surface area is 189 Å². The number of anilines is 1. The number of rotatable bonds is 4. The molecule has 160 valence electrons. The molecule has 0 bridgehead atoms. The molecule has 4 rings (SSSR count). The van der Waals surface area contributed by atoms with Gasteiger partial charge in [-0.05, 0) is 79.7 Å². The highest BCUT2D eigenvalue weighted by molar-refractivity contribution is 7.80. The molecule has 1 aromatic heterocycles. The van der Waals surface area contributed by atoms with Crippen molar-refractivity contribution in [3.8, 4) is 11.3 Å². The molecule has 0 spiro atoms. The zero-order valence-electron chi connectivity index (χ0n) is 17.2. The average Bonchev–Trinajstić information content (AvgIpc) is 3.19. The minimum atomic E-state index is -1.02. The third-order valence-corrected chi connectivity index (χ3v) is 5.18. The number of hydrogen-bond acceptors (Lipinski definition) is 5. The number of nitrogens with zero attached hydrogens (tertiary/aromatic N) is 1. The van der Waals surface area contributed by atoms with E-state index in [4.69, 9.17) is 21.7 Å². The molecule has 0 aliphatic carbocycles. The van der Waals surface area contributed by atoms with Crippen LogP contribution in [0.15, 0.2) is 64.6 Å². The van der Waals surface area contributed by atoms with Crippen LogP contribution in [0.1, 0.15) is 27.2 Å². The monoisotopic (exact) mass is 446 g/mol. The second kappa shape index (κ2) is 8.24. The van der Waals surface area contributed by atoms with Crippen molar-refractivity contribution in [1.29, 1.82) is 0 Å². The van der Waals surface area contributed by atoms with Crippen LogP contribution in [0.25, 0.3) is 17.4 Å². The van der Waals surface area contributed by atoms with Crippen LogP contribution in [-0.2, 0) is 9.59 Å². The van der Waals surface area contributed by atoms with Gasteiger partial charge in [-0.2, -0.15) is 0 Å². The van der Waals surface area contributed by atoms with E-state index >= 15 is 0 Å². The minimum absolute atomic E-state index is 0.0146. The summed E-state index contributed by atoms with van der Waals surface area (Å²) in [4.78, 5) is 38.0.